The van der Waals surface area contributed by atoms with Gasteiger partial charge >= 0.3 is 17.9 Å². The molecule has 0 saturated carbocycles. The average Bonchev–Trinajstić information content (AvgIpc) is 3.84. The zero-order valence-corrected chi connectivity index (χ0v) is 29.9. The van der Waals surface area contributed by atoms with E-state index < -0.39 is 96.1 Å². The number of ether oxygens (including phenoxy) is 3. The van der Waals surface area contributed by atoms with Crippen LogP contribution in [0.25, 0.3) is 0 Å². The Kier molecular flexibility index (Phi) is 14.6. The minimum Gasteiger partial charge on any atom is -0.449 e. The fourth-order valence-corrected chi connectivity index (χ4v) is 5.30. The van der Waals surface area contributed by atoms with Gasteiger partial charge in [-0.05, 0) is 12.5 Å². The lowest BCUT2D eigenvalue weighted by molar-refractivity contribution is -0.123. The summed E-state index contributed by atoms with van der Waals surface area (Å²) < 4.78 is 17.4. The van der Waals surface area contributed by atoms with Crippen molar-refractivity contribution in [3.05, 3.63) is 69.0 Å². The first kappa shape index (κ1) is 41.6. The Bertz CT molecular complexity index is 1870. The summed E-state index contributed by atoms with van der Waals surface area (Å²) >= 11 is 0. The number of carbonyl (C=O) groups excluding carboxylic acids is 5. The molecular formula is C34H43N9O12. The molecule has 2 aliphatic rings. The summed E-state index contributed by atoms with van der Waals surface area (Å²) in [4.78, 5) is 88.9. The number of nitrogens with zero attached hydrogens (tertiary/aromatic N) is 3. The van der Waals surface area contributed by atoms with Crippen molar-refractivity contribution in [1.29, 1.82) is 0 Å². The quantitative estimate of drug-likeness (QED) is 0.0799. The van der Waals surface area contributed by atoms with Gasteiger partial charge in [0.2, 0.25) is 23.4 Å². The third-order valence-electron chi connectivity index (χ3n) is 8.38. The van der Waals surface area contributed by atoms with E-state index in [4.69, 9.17) is 20.6 Å². The van der Waals surface area contributed by atoms with Crippen molar-refractivity contribution in [2.75, 3.05) is 26.2 Å². The minimum absolute atomic E-state index is 0.0587. The highest BCUT2D eigenvalue weighted by Gasteiger charge is 2.44. The standard InChI is InChI=1S/C34H43N9O12/c1-4-9-21(29(49)37-18-34(3)41-42-34)39-33(52)55-28(19-10-7-6-8-11-19)20(38-23(44)5-2)13-15-53-32(51)36-17-25(46)35-16-22-26(47)27(48)30(54-22)43-14-12-24(45)40-31(43)50/h1,6-8,10-12,14,20-22,26-28,30,47-48H,5,9,13,15-18H2,2-3H3,(H,35,46)(H,36,51)(H,37,49)(H,38,44)(H,39,52)(H,40,45,50). The average molecular weight is 770 g/mol. The number of aliphatic hydroxyl groups is 2. The van der Waals surface area contributed by atoms with Crippen LogP contribution in [0.15, 0.2) is 62.4 Å². The van der Waals surface area contributed by atoms with E-state index in [1.165, 1.54) is 0 Å². The molecule has 1 aromatic heterocycles. The second-order valence-corrected chi connectivity index (χ2v) is 12.7. The van der Waals surface area contributed by atoms with Crippen molar-refractivity contribution < 1.29 is 48.4 Å². The predicted molar refractivity (Wildman–Crippen MR) is 189 cm³/mol. The number of nitrogens with one attached hydrogen (secondary N) is 6. The molecule has 1 fully saturated rings. The molecule has 21 heteroatoms. The molecular weight excluding hydrogens is 726 g/mol. The van der Waals surface area contributed by atoms with Crippen molar-refractivity contribution in [2.45, 2.75) is 81.5 Å². The molecule has 0 radical (unpaired) electrons. The predicted octanol–water partition coefficient (Wildman–Crippen LogP) is -1.56. The highest BCUT2D eigenvalue weighted by atomic mass is 16.6. The molecule has 0 spiro atoms. The zero-order chi connectivity index (χ0) is 40.1. The Morgan fingerprint density at radius 2 is 1.75 bits per heavy atom. The highest BCUT2D eigenvalue weighted by Crippen LogP contribution is 2.28. The van der Waals surface area contributed by atoms with Gasteiger partial charge < -0.3 is 51.0 Å². The maximum Gasteiger partial charge on any atom is 0.408 e. The fourth-order valence-electron chi connectivity index (χ4n) is 5.30. The lowest BCUT2D eigenvalue weighted by atomic mass is 9.99. The maximum absolute atomic E-state index is 13.2. The van der Waals surface area contributed by atoms with E-state index in [0.29, 0.717) is 5.56 Å². The number of alkyl carbamates (subject to hydrolysis) is 2. The molecule has 0 aliphatic carbocycles. The summed E-state index contributed by atoms with van der Waals surface area (Å²) in [6.45, 7) is 2.25. The third-order valence-corrected chi connectivity index (χ3v) is 8.38. The van der Waals surface area contributed by atoms with Gasteiger partial charge in [0, 0.05) is 38.1 Å². The van der Waals surface area contributed by atoms with Gasteiger partial charge in [0.25, 0.3) is 5.56 Å². The number of carbonyl (C=O) groups is 5. The molecule has 8 N–H and O–H groups in total. The van der Waals surface area contributed by atoms with Gasteiger partial charge in [-0.3, -0.25) is 28.7 Å². The van der Waals surface area contributed by atoms with Crippen LogP contribution in [0.4, 0.5) is 9.59 Å². The first-order valence-electron chi connectivity index (χ1n) is 17.2. The van der Waals surface area contributed by atoms with E-state index in [0.717, 1.165) is 16.8 Å². The fraction of sp³-hybridized carbons (Fsp3) is 0.500. The number of hydrogen-bond donors (Lipinski definition) is 8. The molecule has 296 valence electrons. The molecule has 1 saturated heterocycles. The van der Waals surface area contributed by atoms with Gasteiger partial charge in [0.05, 0.1) is 25.7 Å². The summed E-state index contributed by atoms with van der Waals surface area (Å²) in [6.07, 6.45) is -2.29. The molecule has 2 aromatic rings. The Hall–Kier alpha value is -6.11. The summed E-state index contributed by atoms with van der Waals surface area (Å²) in [5.74, 6) is 0.648. The lowest BCUT2D eigenvalue weighted by Gasteiger charge is -2.29. The maximum atomic E-state index is 13.2. The Morgan fingerprint density at radius 1 is 1.02 bits per heavy atom. The zero-order valence-electron chi connectivity index (χ0n) is 29.9. The Balaban J connectivity index is 1.29. The molecule has 5 amide bonds. The molecule has 21 nitrogen and oxygen atoms in total. The molecule has 7 unspecified atom stereocenters. The largest absolute Gasteiger partial charge is 0.449 e. The van der Waals surface area contributed by atoms with Crippen LogP contribution < -0.4 is 37.8 Å². The Morgan fingerprint density at radius 3 is 2.40 bits per heavy atom. The molecule has 3 heterocycles. The van der Waals surface area contributed by atoms with E-state index in [2.05, 4.69) is 42.7 Å². The van der Waals surface area contributed by atoms with Crippen LogP contribution in [-0.2, 0) is 28.6 Å². The van der Waals surface area contributed by atoms with E-state index in [1.807, 2.05) is 4.98 Å². The van der Waals surface area contributed by atoms with Crippen molar-refractivity contribution >= 4 is 29.9 Å². The van der Waals surface area contributed by atoms with Crippen molar-refractivity contribution in [3.63, 3.8) is 0 Å². The minimum atomic E-state index is -1.56. The van der Waals surface area contributed by atoms with E-state index in [9.17, 15) is 43.8 Å². The normalized spacial score (nSPS) is 20.8. The van der Waals surface area contributed by atoms with E-state index in [1.54, 1.807) is 44.2 Å². The van der Waals surface area contributed by atoms with Crippen LogP contribution in [-0.4, -0.2) is 112 Å². The van der Waals surface area contributed by atoms with Gasteiger partial charge in [-0.15, -0.1) is 12.3 Å². The highest BCUT2D eigenvalue weighted by molar-refractivity contribution is 5.86. The monoisotopic (exact) mass is 769 g/mol. The van der Waals surface area contributed by atoms with Gasteiger partial charge in [0.15, 0.2) is 6.23 Å². The number of amides is 5. The summed E-state index contributed by atoms with van der Waals surface area (Å²) in [7, 11) is 0. The Labute approximate surface area is 313 Å². The van der Waals surface area contributed by atoms with Crippen LogP contribution in [0.1, 0.15) is 51.0 Å². The van der Waals surface area contributed by atoms with E-state index in [-0.39, 0.29) is 39.0 Å². The van der Waals surface area contributed by atoms with E-state index >= 15 is 0 Å². The topological polar surface area (TPSA) is 293 Å². The molecule has 55 heavy (non-hydrogen) atoms. The number of aromatic amines is 1. The number of aliphatic hydroxyl groups excluding tert-OH is 2. The molecule has 2 aliphatic heterocycles. The molecule has 0 bridgehead atoms. The van der Waals surface area contributed by atoms with Crippen LogP contribution in [0.5, 0.6) is 0 Å². The summed E-state index contributed by atoms with van der Waals surface area (Å²) in [5.41, 5.74) is -1.79. The van der Waals surface area contributed by atoms with Crippen LogP contribution in [0.3, 0.4) is 0 Å². The van der Waals surface area contributed by atoms with Crippen LogP contribution in [0, 0.1) is 12.3 Å². The van der Waals surface area contributed by atoms with Gasteiger partial charge in [0.1, 0.15) is 30.5 Å². The third kappa shape index (κ3) is 12.2. The number of benzene rings is 1. The number of terminal acetylenes is 1. The first-order chi connectivity index (χ1) is 26.2. The number of H-pyrrole nitrogens is 1. The first-order valence-corrected chi connectivity index (χ1v) is 17.2. The second-order valence-electron chi connectivity index (χ2n) is 12.7. The molecule has 7 atom stereocenters. The number of hydrogen-bond acceptors (Lipinski definition) is 14. The summed E-state index contributed by atoms with van der Waals surface area (Å²) in [5, 5.41) is 40.9. The summed E-state index contributed by atoms with van der Waals surface area (Å²) in [6, 6.07) is 7.37. The number of aromatic nitrogens is 2. The lowest BCUT2D eigenvalue weighted by Crippen LogP contribution is -2.49. The smallest absolute Gasteiger partial charge is 0.408 e. The van der Waals surface area contributed by atoms with Gasteiger partial charge in [-0.25, -0.2) is 14.4 Å². The SMILES string of the molecule is C#CCC(NC(=O)OC(c1ccccc1)C(CCOC(=O)NCC(=O)NCC1OC(n2ccc(=O)[nH]c2=O)C(O)C1O)NC(=O)CC)C(=O)NCC1(C)N=N1. The van der Waals surface area contributed by atoms with Crippen LogP contribution in [0.2, 0.25) is 0 Å². The van der Waals surface area contributed by atoms with Gasteiger partial charge in [-0.1, -0.05) is 37.3 Å². The van der Waals surface area contributed by atoms with Crippen molar-refractivity contribution in [2.24, 2.45) is 10.2 Å². The van der Waals surface area contributed by atoms with Crippen molar-refractivity contribution in [1.82, 2.24) is 36.1 Å². The van der Waals surface area contributed by atoms with Gasteiger partial charge in [-0.2, -0.15) is 10.2 Å². The molecule has 1 aromatic carbocycles. The van der Waals surface area contributed by atoms with Crippen molar-refractivity contribution in [3.8, 4) is 12.3 Å². The van der Waals surface area contributed by atoms with Crippen LogP contribution >= 0.6 is 0 Å². The number of rotatable bonds is 18. The second kappa shape index (κ2) is 19.3. The molecule has 4 rings (SSSR count).